The lowest BCUT2D eigenvalue weighted by Gasteiger charge is -2.56. The Bertz CT molecular complexity index is 1010. The van der Waals surface area contributed by atoms with Crippen molar-refractivity contribution < 1.29 is 0 Å². The van der Waals surface area contributed by atoms with E-state index < -0.39 is 0 Å². The van der Waals surface area contributed by atoms with Gasteiger partial charge in [0.2, 0.25) is 0 Å². The molecular weight excluding hydrogens is 302 g/mol. The zero-order valence-corrected chi connectivity index (χ0v) is 13.1. The van der Waals surface area contributed by atoms with E-state index in [-0.39, 0.29) is 35.3 Å². The van der Waals surface area contributed by atoms with E-state index in [1.165, 1.54) is 26.8 Å². The standard InChI is InChI=1S/C19H15N3O2/c1-20-18(23)21-16-14-10-6-2-3-7-11(10)15(17(16)22(21)19(20)24)13-9-5-4-8-12(13)14/h2-9,14-17H,1H3/t14?,15?,16-,17+. The van der Waals surface area contributed by atoms with Gasteiger partial charge < -0.3 is 0 Å². The summed E-state index contributed by atoms with van der Waals surface area (Å²) in [4.78, 5) is 25.0. The summed E-state index contributed by atoms with van der Waals surface area (Å²) in [5.74, 6) is 0.291. The van der Waals surface area contributed by atoms with Crippen LogP contribution in [0.2, 0.25) is 0 Å². The molecule has 3 aromatic rings. The Morgan fingerprint density at radius 1 is 0.667 bits per heavy atom. The fourth-order valence-corrected chi connectivity index (χ4v) is 5.24. The van der Waals surface area contributed by atoms with E-state index in [9.17, 15) is 9.59 Å². The Morgan fingerprint density at radius 3 is 1.33 bits per heavy atom. The van der Waals surface area contributed by atoms with Crippen LogP contribution in [-0.2, 0) is 7.05 Å². The molecule has 5 nitrogen and oxygen atoms in total. The molecule has 0 radical (unpaired) electrons. The molecule has 24 heavy (non-hydrogen) atoms. The molecule has 1 aromatic heterocycles. The molecule has 5 heteroatoms. The van der Waals surface area contributed by atoms with Crippen LogP contribution in [0, 0.1) is 0 Å². The van der Waals surface area contributed by atoms with Crippen LogP contribution >= 0.6 is 0 Å². The van der Waals surface area contributed by atoms with Crippen LogP contribution in [0.3, 0.4) is 0 Å². The van der Waals surface area contributed by atoms with Gasteiger partial charge in [-0.1, -0.05) is 48.5 Å². The Morgan fingerprint density at radius 2 is 1.00 bits per heavy atom. The van der Waals surface area contributed by atoms with Crippen molar-refractivity contribution in [2.45, 2.75) is 23.9 Å². The average molecular weight is 317 g/mol. The summed E-state index contributed by atoms with van der Waals surface area (Å²) in [5, 5.41) is 0. The SMILES string of the molecule is Cn1c(=O)n2n(c1=O)[C@H]1C3c4ccccc4C(c4ccccc43)[C@H]12. The largest absolute Gasteiger partial charge is 0.347 e. The second-order valence-electron chi connectivity index (χ2n) is 7.01. The smallest absolute Gasteiger partial charge is 0.246 e. The molecule has 118 valence electrons. The Kier molecular flexibility index (Phi) is 1.99. The average Bonchev–Trinajstić information content (AvgIpc) is 2.79. The second-order valence-corrected chi connectivity index (χ2v) is 7.01. The zero-order valence-electron chi connectivity index (χ0n) is 13.1. The minimum absolute atomic E-state index is 0.0428. The maximum absolute atomic E-state index is 12.5. The van der Waals surface area contributed by atoms with E-state index >= 15 is 0 Å². The van der Waals surface area contributed by atoms with E-state index in [0.29, 0.717) is 0 Å². The molecule has 3 aliphatic carbocycles. The van der Waals surface area contributed by atoms with Crippen LogP contribution in [0.1, 0.15) is 46.2 Å². The van der Waals surface area contributed by atoms with Crippen LogP contribution in [0.5, 0.6) is 0 Å². The van der Waals surface area contributed by atoms with Gasteiger partial charge in [-0.3, -0.25) is 0 Å². The van der Waals surface area contributed by atoms with Crippen molar-refractivity contribution in [2.24, 2.45) is 7.05 Å². The van der Waals surface area contributed by atoms with Gasteiger partial charge in [0.1, 0.15) is 0 Å². The summed E-state index contributed by atoms with van der Waals surface area (Å²) < 4.78 is 4.58. The first-order valence-corrected chi connectivity index (χ1v) is 8.28. The van der Waals surface area contributed by atoms with E-state index in [0.717, 1.165) is 0 Å². The second kappa shape index (κ2) is 3.80. The van der Waals surface area contributed by atoms with Crippen molar-refractivity contribution in [1.29, 1.82) is 0 Å². The third-order valence-electron chi connectivity index (χ3n) is 6.13. The van der Waals surface area contributed by atoms with Gasteiger partial charge >= 0.3 is 11.4 Å². The van der Waals surface area contributed by atoms with Crippen LogP contribution in [-0.4, -0.2) is 13.9 Å². The number of hydrogen-bond donors (Lipinski definition) is 0. The van der Waals surface area contributed by atoms with Crippen molar-refractivity contribution in [3.05, 3.63) is 91.8 Å². The quantitative estimate of drug-likeness (QED) is 0.634. The van der Waals surface area contributed by atoms with Crippen molar-refractivity contribution >= 4 is 0 Å². The Balaban J connectivity index is 1.74. The van der Waals surface area contributed by atoms with Crippen molar-refractivity contribution in [3.63, 3.8) is 0 Å². The van der Waals surface area contributed by atoms with Gasteiger partial charge in [0, 0.05) is 18.9 Å². The first-order valence-electron chi connectivity index (χ1n) is 8.28. The van der Waals surface area contributed by atoms with Gasteiger partial charge in [-0.05, 0) is 22.3 Å². The summed E-state index contributed by atoms with van der Waals surface area (Å²) >= 11 is 0. The molecule has 0 fully saturated rings. The summed E-state index contributed by atoms with van der Waals surface area (Å²) in [6.45, 7) is 0. The van der Waals surface area contributed by atoms with Gasteiger partial charge in [-0.25, -0.2) is 23.5 Å². The van der Waals surface area contributed by atoms with Crippen LogP contribution in [0.4, 0.5) is 0 Å². The summed E-state index contributed by atoms with van der Waals surface area (Å²) in [6.07, 6.45) is 0. The molecule has 2 aromatic carbocycles. The highest BCUT2D eigenvalue weighted by molar-refractivity contribution is 5.58. The van der Waals surface area contributed by atoms with Crippen molar-refractivity contribution in [1.82, 2.24) is 13.9 Å². The third kappa shape index (κ3) is 1.12. The highest BCUT2D eigenvalue weighted by atomic mass is 16.2. The fraction of sp³-hybridized carbons (Fsp3) is 0.263. The predicted octanol–water partition coefficient (Wildman–Crippen LogP) is 1.74. The van der Waals surface area contributed by atoms with Crippen LogP contribution in [0.15, 0.2) is 58.1 Å². The van der Waals surface area contributed by atoms with E-state index in [1.54, 1.807) is 16.4 Å². The Hall–Kier alpha value is -2.82. The number of benzene rings is 2. The minimum atomic E-state index is -0.205. The van der Waals surface area contributed by atoms with Gasteiger partial charge in [0.25, 0.3) is 0 Å². The lowest BCUT2D eigenvalue weighted by Crippen LogP contribution is -2.57. The molecular formula is C19H15N3O2. The maximum Gasteiger partial charge on any atom is 0.347 e. The predicted molar refractivity (Wildman–Crippen MR) is 88.6 cm³/mol. The van der Waals surface area contributed by atoms with Crippen molar-refractivity contribution in [3.8, 4) is 0 Å². The maximum atomic E-state index is 12.5. The van der Waals surface area contributed by atoms with Gasteiger partial charge in [-0.15, -0.1) is 0 Å². The minimum Gasteiger partial charge on any atom is -0.246 e. The number of aromatic nitrogens is 3. The lowest BCUT2D eigenvalue weighted by atomic mass is 9.58. The molecule has 7 rings (SSSR count). The number of rotatable bonds is 0. The highest BCUT2D eigenvalue weighted by Crippen LogP contribution is 2.64. The van der Waals surface area contributed by atoms with E-state index in [4.69, 9.17) is 0 Å². The summed E-state index contributed by atoms with van der Waals surface area (Å²) in [6, 6.07) is 17.0. The van der Waals surface area contributed by atoms with Crippen molar-refractivity contribution in [2.75, 3.05) is 0 Å². The molecule has 0 saturated heterocycles. The van der Waals surface area contributed by atoms with Gasteiger partial charge in [0.15, 0.2) is 0 Å². The molecule has 0 N–H and O–H groups in total. The molecule has 1 aliphatic heterocycles. The number of hydrogen-bond acceptors (Lipinski definition) is 2. The molecule has 0 spiro atoms. The molecule has 0 saturated carbocycles. The fourth-order valence-electron chi connectivity index (χ4n) is 5.24. The van der Waals surface area contributed by atoms with Gasteiger partial charge in [0.05, 0.1) is 12.1 Å². The topological polar surface area (TPSA) is 48.9 Å². The highest BCUT2D eigenvalue weighted by Gasteiger charge is 2.58. The van der Waals surface area contributed by atoms with E-state index in [1.807, 2.05) is 0 Å². The van der Waals surface area contributed by atoms with Crippen LogP contribution in [0.25, 0.3) is 0 Å². The normalized spacial score (nSPS) is 27.7. The third-order valence-corrected chi connectivity index (χ3v) is 6.13. The summed E-state index contributed by atoms with van der Waals surface area (Å²) in [7, 11) is 1.57. The molecule has 2 bridgehead atoms. The first-order chi connectivity index (χ1) is 11.7. The molecule has 4 aliphatic rings. The van der Waals surface area contributed by atoms with E-state index in [2.05, 4.69) is 48.5 Å². The number of nitrogens with zero attached hydrogens (tertiary/aromatic N) is 3. The molecule has 2 atom stereocenters. The monoisotopic (exact) mass is 317 g/mol. The first kappa shape index (κ1) is 12.6. The molecule has 0 amide bonds. The summed E-state index contributed by atoms with van der Waals surface area (Å²) in [5.41, 5.74) is 4.80. The zero-order chi connectivity index (χ0) is 16.2. The molecule has 0 unspecified atom stereocenters. The van der Waals surface area contributed by atoms with Gasteiger partial charge in [-0.2, -0.15) is 0 Å². The Labute approximate surface area is 137 Å². The number of fused-ring (bicyclic) bond motifs is 1. The molecule has 2 heterocycles. The van der Waals surface area contributed by atoms with Crippen LogP contribution < -0.4 is 11.4 Å². The lowest BCUT2D eigenvalue weighted by molar-refractivity contribution is 0.0697.